The summed E-state index contributed by atoms with van der Waals surface area (Å²) < 4.78 is 6.01. The van der Waals surface area contributed by atoms with Gasteiger partial charge in [-0.15, -0.1) is 0 Å². The number of ether oxygens (including phenoxy) is 1. The fourth-order valence-corrected chi connectivity index (χ4v) is 2.52. The van der Waals surface area contributed by atoms with E-state index in [4.69, 9.17) is 10.00 Å². The summed E-state index contributed by atoms with van der Waals surface area (Å²) in [4.78, 5) is 3.95. The van der Waals surface area contributed by atoms with Crippen LogP contribution in [0.1, 0.15) is 44.7 Å². The highest BCUT2D eigenvalue weighted by atomic mass is 16.5. The van der Waals surface area contributed by atoms with E-state index in [1.165, 1.54) is 25.7 Å². The number of hydrogen-bond donors (Lipinski definition) is 0. The Kier molecular flexibility index (Phi) is 3.98. The molecule has 2 unspecified atom stereocenters. The van der Waals surface area contributed by atoms with Gasteiger partial charge in [-0.2, -0.15) is 5.26 Å². The maximum Gasteiger partial charge on any atom is 0.144 e. The van der Waals surface area contributed by atoms with Crippen molar-refractivity contribution in [3.05, 3.63) is 24.0 Å². The third-order valence-corrected chi connectivity index (χ3v) is 3.50. The van der Waals surface area contributed by atoms with Crippen LogP contribution in [0.25, 0.3) is 0 Å². The molecule has 3 nitrogen and oxygen atoms in total. The van der Waals surface area contributed by atoms with Crippen LogP contribution in [0.4, 0.5) is 0 Å². The van der Waals surface area contributed by atoms with E-state index in [0.717, 1.165) is 12.2 Å². The van der Waals surface area contributed by atoms with Gasteiger partial charge in [-0.05, 0) is 37.7 Å². The minimum atomic E-state index is 0.308. The van der Waals surface area contributed by atoms with Crippen molar-refractivity contribution in [1.82, 2.24) is 4.98 Å². The zero-order chi connectivity index (χ0) is 12.1. The molecule has 0 saturated heterocycles. The molecule has 0 bridgehead atoms. The topological polar surface area (TPSA) is 45.9 Å². The van der Waals surface area contributed by atoms with Crippen LogP contribution in [0.15, 0.2) is 18.3 Å². The second-order valence-electron chi connectivity index (χ2n) is 4.60. The van der Waals surface area contributed by atoms with E-state index in [1.807, 2.05) is 12.1 Å². The summed E-state index contributed by atoms with van der Waals surface area (Å²) in [6.07, 6.45) is 8.07. The third-order valence-electron chi connectivity index (χ3n) is 3.50. The van der Waals surface area contributed by atoms with Crippen molar-refractivity contribution < 1.29 is 4.74 Å². The summed E-state index contributed by atoms with van der Waals surface area (Å²) in [6, 6.07) is 5.60. The number of rotatable bonds is 3. The van der Waals surface area contributed by atoms with Gasteiger partial charge in [-0.3, -0.25) is 0 Å². The van der Waals surface area contributed by atoms with Gasteiger partial charge >= 0.3 is 0 Å². The second-order valence-corrected chi connectivity index (χ2v) is 4.60. The van der Waals surface area contributed by atoms with E-state index in [1.54, 1.807) is 12.3 Å². The molecule has 0 radical (unpaired) electrons. The molecule has 3 heteroatoms. The average Bonchev–Trinajstić information content (AvgIpc) is 2.39. The van der Waals surface area contributed by atoms with Gasteiger partial charge in [0.1, 0.15) is 23.6 Å². The van der Waals surface area contributed by atoms with Gasteiger partial charge in [0.15, 0.2) is 0 Å². The van der Waals surface area contributed by atoms with Crippen molar-refractivity contribution in [2.45, 2.75) is 45.1 Å². The lowest BCUT2D eigenvalue weighted by Gasteiger charge is -2.31. The minimum absolute atomic E-state index is 0.308. The van der Waals surface area contributed by atoms with E-state index in [-0.39, 0.29) is 0 Å². The first-order valence-corrected chi connectivity index (χ1v) is 6.36. The first kappa shape index (κ1) is 11.9. The number of aromatic nitrogens is 1. The molecule has 1 heterocycles. The Hall–Kier alpha value is -1.56. The molecule has 1 aromatic heterocycles. The van der Waals surface area contributed by atoms with Crippen molar-refractivity contribution in [3.8, 4) is 11.8 Å². The van der Waals surface area contributed by atoms with E-state index in [9.17, 15) is 0 Å². The number of pyridine rings is 1. The predicted molar refractivity (Wildman–Crippen MR) is 65.6 cm³/mol. The molecule has 90 valence electrons. The van der Waals surface area contributed by atoms with E-state index in [2.05, 4.69) is 11.9 Å². The van der Waals surface area contributed by atoms with Gasteiger partial charge < -0.3 is 4.74 Å². The highest BCUT2D eigenvalue weighted by molar-refractivity contribution is 5.29. The van der Waals surface area contributed by atoms with Crippen LogP contribution in [0.5, 0.6) is 5.75 Å². The summed E-state index contributed by atoms with van der Waals surface area (Å²) in [5.74, 6) is 1.43. The van der Waals surface area contributed by atoms with E-state index < -0.39 is 0 Å². The molecule has 1 aliphatic rings. The maximum absolute atomic E-state index is 8.80. The van der Waals surface area contributed by atoms with Crippen molar-refractivity contribution in [2.75, 3.05) is 0 Å². The molecule has 1 aliphatic carbocycles. The summed E-state index contributed by atoms with van der Waals surface area (Å²) >= 11 is 0. The van der Waals surface area contributed by atoms with Crippen LogP contribution in [0.2, 0.25) is 0 Å². The zero-order valence-electron chi connectivity index (χ0n) is 10.2. The summed E-state index contributed by atoms with van der Waals surface area (Å²) in [7, 11) is 0. The Balaban J connectivity index is 2.06. The van der Waals surface area contributed by atoms with Crippen molar-refractivity contribution in [3.63, 3.8) is 0 Å². The first-order valence-electron chi connectivity index (χ1n) is 6.36. The van der Waals surface area contributed by atoms with Gasteiger partial charge in [-0.1, -0.05) is 13.3 Å². The van der Waals surface area contributed by atoms with Crippen LogP contribution in [0.3, 0.4) is 0 Å². The summed E-state index contributed by atoms with van der Waals surface area (Å²) in [5.41, 5.74) is 0.423. The number of nitrogens with zero attached hydrogens (tertiary/aromatic N) is 2. The van der Waals surface area contributed by atoms with Crippen molar-refractivity contribution in [1.29, 1.82) is 5.26 Å². The largest absolute Gasteiger partial charge is 0.490 e. The van der Waals surface area contributed by atoms with Crippen LogP contribution in [-0.4, -0.2) is 11.1 Å². The molecule has 17 heavy (non-hydrogen) atoms. The molecular formula is C14H18N2O. The molecule has 1 aromatic rings. The van der Waals surface area contributed by atoms with Crippen LogP contribution >= 0.6 is 0 Å². The van der Waals surface area contributed by atoms with Gasteiger partial charge in [0.2, 0.25) is 0 Å². The number of hydrogen-bond acceptors (Lipinski definition) is 3. The summed E-state index contributed by atoms with van der Waals surface area (Å²) in [5, 5.41) is 8.80. The van der Waals surface area contributed by atoms with Crippen molar-refractivity contribution in [2.24, 2.45) is 5.92 Å². The van der Waals surface area contributed by atoms with Crippen molar-refractivity contribution >= 4 is 0 Å². The Morgan fingerprint density at radius 1 is 1.47 bits per heavy atom. The van der Waals surface area contributed by atoms with Gasteiger partial charge in [0.05, 0.1) is 0 Å². The first-order chi connectivity index (χ1) is 8.33. The fraction of sp³-hybridized carbons (Fsp3) is 0.571. The maximum atomic E-state index is 8.80. The Labute approximate surface area is 102 Å². The monoisotopic (exact) mass is 230 g/mol. The molecule has 0 amide bonds. The molecule has 2 atom stereocenters. The standard InChI is InChI=1S/C14H18N2O/c1-2-11-5-3-4-6-14(11)17-13-7-8-16-12(9-13)10-15/h7-9,11,14H,2-6H2,1H3. The second kappa shape index (κ2) is 5.67. The van der Waals surface area contributed by atoms with Crippen LogP contribution in [-0.2, 0) is 0 Å². The molecule has 0 aliphatic heterocycles. The van der Waals surface area contributed by atoms with Gasteiger partial charge in [0, 0.05) is 12.3 Å². The van der Waals surface area contributed by atoms with E-state index >= 15 is 0 Å². The van der Waals surface area contributed by atoms with Crippen LogP contribution in [0, 0.1) is 17.2 Å². The van der Waals surface area contributed by atoms with E-state index in [0.29, 0.717) is 17.7 Å². The highest BCUT2D eigenvalue weighted by Gasteiger charge is 2.25. The molecule has 0 N–H and O–H groups in total. The summed E-state index contributed by atoms with van der Waals surface area (Å²) in [6.45, 7) is 2.22. The Morgan fingerprint density at radius 2 is 2.29 bits per heavy atom. The molecule has 1 fully saturated rings. The SMILES string of the molecule is CCC1CCCCC1Oc1ccnc(C#N)c1. The third kappa shape index (κ3) is 2.97. The predicted octanol–water partition coefficient (Wildman–Crippen LogP) is 3.30. The molecule has 2 rings (SSSR count). The smallest absolute Gasteiger partial charge is 0.144 e. The molecular weight excluding hydrogens is 212 g/mol. The quantitative estimate of drug-likeness (QED) is 0.800. The normalized spacial score (nSPS) is 24.0. The lowest BCUT2D eigenvalue weighted by atomic mass is 9.85. The molecule has 0 aromatic carbocycles. The fourth-order valence-electron chi connectivity index (χ4n) is 2.52. The lowest BCUT2D eigenvalue weighted by molar-refractivity contribution is 0.0903. The lowest BCUT2D eigenvalue weighted by Crippen LogP contribution is -2.29. The molecule has 0 spiro atoms. The van der Waals surface area contributed by atoms with Gasteiger partial charge in [0.25, 0.3) is 0 Å². The Bertz CT molecular complexity index is 411. The average molecular weight is 230 g/mol. The van der Waals surface area contributed by atoms with Gasteiger partial charge in [-0.25, -0.2) is 4.98 Å². The van der Waals surface area contributed by atoms with Crippen LogP contribution < -0.4 is 4.74 Å². The molecule has 1 saturated carbocycles. The number of nitriles is 1. The Morgan fingerprint density at radius 3 is 3.06 bits per heavy atom. The minimum Gasteiger partial charge on any atom is -0.490 e. The zero-order valence-corrected chi connectivity index (χ0v) is 10.2. The highest BCUT2D eigenvalue weighted by Crippen LogP contribution is 2.30.